The van der Waals surface area contributed by atoms with E-state index in [2.05, 4.69) is 4.98 Å². The summed E-state index contributed by atoms with van der Waals surface area (Å²) in [5.74, 6) is -2.68. The molecule has 138 valence electrons. The first-order valence-corrected chi connectivity index (χ1v) is 9.47. The summed E-state index contributed by atoms with van der Waals surface area (Å²) >= 11 is 5.84. The summed E-state index contributed by atoms with van der Waals surface area (Å²) in [6.07, 6.45) is 1.40. The van der Waals surface area contributed by atoms with Gasteiger partial charge in [0.25, 0.3) is 5.91 Å². The zero-order valence-electron chi connectivity index (χ0n) is 13.4. The van der Waals surface area contributed by atoms with E-state index in [1.807, 2.05) is 0 Å². The Morgan fingerprint density at radius 3 is 2.27 bits per heavy atom. The summed E-state index contributed by atoms with van der Waals surface area (Å²) in [4.78, 5) is 16.8. The van der Waals surface area contributed by atoms with Crippen LogP contribution in [0.2, 0.25) is 5.02 Å². The van der Waals surface area contributed by atoms with Crippen LogP contribution >= 0.6 is 11.6 Å². The van der Waals surface area contributed by atoms with E-state index >= 15 is 0 Å². The van der Waals surface area contributed by atoms with Crippen LogP contribution in [0.5, 0.6) is 0 Å². The number of benzene rings is 1. The highest BCUT2D eigenvalue weighted by molar-refractivity contribution is 7.89. The van der Waals surface area contributed by atoms with Crippen molar-refractivity contribution in [2.24, 2.45) is 0 Å². The Bertz CT molecular complexity index is 927. The minimum absolute atomic E-state index is 0.0718. The van der Waals surface area contributed by atoms with Gasteiger partial charge in [-0.2, -0.15) is 4.31 Å². The third-order valence-corrected chi connectivity index (χ3v) is 6.17. The zero-order chi connectivity index (χ0) is 18.9. The summed E-state index contributed by atoms with van der Waals surface area (Å²) in [7, 11) is -4.34. The highest BCUT2D eigenvalue weighted by Crippen LogP contribution is 2.24. The van der Waals surface area contributed by atoms with Gasteiger partial charge in [0.1, 0.15) is 17.3 Å². The number of halogens is 3. The van der Waals surface area contributed by atoms with E-state index in [0.717, 1.165) is 22.5 Å². The van der Waals surface area contributed by atoms with Crippen molar-refractivity contribution in [2.45, 2.75) is 4.90 Å². The van der Waals surface area contributed by atoms with Crippen molar-refractivity contribution in [3.63, 3.8) is 0 Å². The molecule has 6 nitrogen and oxygen atoms in total. The smallest absolute Gasteiger partial charge is 0.272 e. The molecule has 1 aromatic carbocycles. The lowest BCUT2D eigenvalue weighted by Crippen LogP contribution is -2.50. The number of carbonyl (C=O) groups is 1. The monoisotopic (exact) mass is 401 g/mol. The molecule has 1 saturated heterocycles. The van der Waals surface area contributed by atoms with Crippen LogP contribution in [0.1, 0.15) is 10.5 Å². The highest BCUT2D eigenvalue weighted by atomic mass is 35.5. The van der Waals surface area contributed by atoms with Gasteiger partial charge in [-0.05, 0) is 24.3 Å². The summed E-state index contributed by atoms with van der Waals surface area (Å²) in [5, 5.41) is 0.361. The second-order valence-corrected chi connectivity index (χ2v) is 7.92. The fourth-order valence-electron chi connectivity index (χ4n) is 2.67. The lowest BCUT2D eigenvalue weighted by molar-refractivity contribution is 0.0691. The van der Waals surface area contributed by atoms with E-state index in [9.17, 15) is 22.0 Å². The molecule has 0 bridgehead atoms. The molecule has 0 aliphatic carbocycles. The van der Waals surface area contributed by atoms with Crippen molar-refractivity contribution in [3.05, 3.63) is 58.9 Å². The first-order valence-electron chi connectivity index (χ1n) is 7.65. The van der Waals surface area contributed by atoms with Crippen molar-refractivity contribution in [1.29, 1.82) is 0 Å². The molecule has 3 rings (SSSR count). The maximum atomic E-state index is 13.8. The topological polar surface area (TPSA) is 70.6 Å². The maximum Gasteiger partial charge on any atom is 0.272 e. The van der Waals surface area contributed by atoms with E-state index in [1.165, 1.54) is 23.2 Å². The quantitative estimate of drug-likeness (QED) is 0.790. The van der Waals surface area contributed by atoms with Crippen LogP contribution in [0.25, 0.3) is 0 Å². The molecule has 1 amide bonds. The van der Waals surface area contributed by atoms with Gasteiger partial charge in [0.15, 0.2) is 4.90 Å². The van der Waals surface area contributed by atoms with Crippen molar-refractivity contribution in [1.82, 2.24) is 14.2 Å². The van der Waals surface area contributed by atoms with Crippen LogP contribution in [-0.2, 0) is 10.0 Å². The molecule has 0 spiro atoms. The third-order valence-electron chi connectivity index (χ3n) is 3.98. The fraction of sp³-hybridized carbons (Fsp3) is 0.250. The zero-order valence-corrected chi connectivity index (χ0v) is 15.0. The van der Waals surface area contributed by atoms with E-state index in [4.69, 9.17) is 11.6 Å². The molecule has 26 heavy (non-hydrogen) atoms. The molecule has 0 radical (unpaired) electrons. The normalized spacial score (nSPS) is 15.9. The molecule has 1 aliphatic rings. The van der Waals surface area contributed by atoms with E-state index < -0.39 is 26.6 Å². The number of hydrogen-bond acceptors (Lipinski definition) is 4. The Labute approximate surface area is 154 Å². The number of aromatic nitrogens is 1. The van der Waals surface area contributed by atoms with Gasteiger partial charge in [-0.1, -0.05) is 17.7 Å². The molecule has 0 unspecified atom stereocenters. The van der Waals surface area contributed by atoms with Crippen LogP contribution in [0.4, 0.5) is 8.78 Å². The van der Waals surface area contributed by atoms with Gasteiger partial charge >= 0.3 is 0 Å². The van der Waals surface area contributed by atoms with Gasteiger partial charge in [0.2, 0.25) is 10.0 Å². The van der Waals surface area contributed by atoms with Gasteiger partial charge in [0, 0.05) is 37.4 Å². The molecule has 2 aromatic rings. The van der Waals surface area contributed by atoms with Crippen LogP contribution in [0.3, 0.4) is 0 Å². The third kappa shape index (κ3) is 3.55. The Hall–Kier alpha value is -2.10. The van der Waals surface area contributed by atoms with Crippen molar-refractivity contribution < 1.29 is 22.0 Å². The lowest BCUT2D eigenvalue weighted by Gasteiger charge is -2.33. The van der Waals surface area contributed by atoms with E-state index in [1.54, 1.807) is 0 Å². The summed E-state index contributed by atoms with van der Waals surface area (Å²) in [5.41, 5.74) is 0.147. The number of amides is 1. The van der Waals surface area contributed by atoms with Crippen LogP contribution < -0.4 is 0 Å². The van der Waals surface area contributed by atoms with Gasteiger partial charge < -0.3 is 4.90 Å². The predicted molar refractivity (Wildman–Crippen MR) is 90.3 cm³/mol. The average Bonchev–Trinajstić information content (AvgIpc) is 2.61. The van der Waals surface area contributed by atoms with Crippen molar-refractivity contribution in [2.75, 3.05) is 26.2 Å². The summed E-state index contributed by atoms with van der Waals surface area (Å²) in [6.45, 7) is -0.0184. The molecule has 1 aromatic heterocycles. The van der Waals surface area contributed by atoms with Gasteiger partial charge in [-0.25, -0.2) is 17.2 Å². The Morgan fingerprint density at radius 2 is 1.69 bits per heavy atom. The van der Waals surface area contributed by atoms with Crippen LogP contribution in [0.15, 0.2) is 41.4 Å². The largest absolute Gasteiger partial charge is 0.335 e. The van der Waals surface area contributed by atoms with E-state index in [-0.39, 0.29) is 37.8 Å². The molecule has 0 atom stereocenters. The van der Waals surface area contributed by atoms with Gasteiger partial charge in [0.05, 0.1) is 0 Å². The number of pyridine rings is 1. The molecular formula is C16H14ClF2N3O3S. The van der Waals surface area contributed by atoms with Gasteiger partial charge in [-0.3, -0.25) is 9.78 Å². The van der Waals surface area contributed by atoms with Crippen molar-refractivity contribution in [3.8, 4) is 0 Å². The molecule has 0 saturated carbocycles. The first kappa shape index (κ1) is 18.7. The predicted octanol–water partition coefficient (Wildman–Crippen LogP) is 2.16. The molecule has 2 heterocycles. The molecule has 0 N–H and O–H groups in total. The summed E-state index contributed by atoms with van der Waals surface area (Å²) in [6, 6.07) is 5.83. The number of hydrogen-bond donors (Lipinski definition) is 0. The molecule has 1 fully saturated rings. The number of nitrogens with zero attached hydrogens (tertiary/aromatic N) is 3. The summed E-state index contributed by atoms with van der Waals surface area (Å²) < 4.78 is 53.7. The Kier molecular flexibility index (Phi) is 5.22. The number of rotatable bonds is 3. The minimum Gasteiger partial charge on any atom is -0.335 e. The minimum atomic E-state index is -4.34. The molecular weight excluding hydrogens is 388 g/mol. The first-order chi connectivity index (χ1) is 12.3. The van der Waals surface area contributed by atoms with Crippen LogP contribution in [0, 0.1) is 11.6 Å². The fourth-order valence-corrected chi connectivity index (χ4v) is 4.36. The second kappa shape index (κ2) is 7.26. The molecule has 1 aliphatic heterocycles. The highest BCUT2D eigenvalue weighted by Gasteiger charge is 2.34. The Balaban J connectivity index is 1.75. The SMILES string of the molecule is O=C(c1cc(Cl)ccn1)N1CCN(S(=O)(=O)c2c(F)cccc2F)CC1. The van der Waals surface area contributed by atoms with Crippen molar-refractivity contribution >= 4 is 27.5 Å². The molecule has 10 heteroatoms. The van der Waals surface area contributed by atoms with Crippen LogP contribution in [-0.4, -0.2) is 54.7 Å². The van der Waals surface area contributed by atoms with Gasteiger partial charge in [-0.15, -0.1) is 0 Å². The second-order valence-electron chi connectivity index (χ2n) is 5.61. The average molecular weight is 402 g/mol. The standard InChI is InChI=1S/C16H14ClF2N3O3S/c17-11-4-5-20-14(10-11)16(23)21-6-8-22(9-7-21)26(24,25)15-12(18)2-1-3-13(15)19/h1-5,10H,6-9H2. The maximum absolute atomic E-state index is 13.8. The number of carbonyl (C=O) groups excluding carboxylic acids is 1. The number of piperazine rings is 1. The van der Waals surface area contributed by atoms with E-state index in [0.29, 0.717) is 5.02 Å². The lowest BCUT2D eigenvalue weighted by atomic mass is 10.3. The Morgan fingerprint density at radius 1 is 1.08 bits per heavy atom. The number of sulfonamides is 1.